The highest BCUT2D eigenvalue weighted by Gasteiger charge is 2.38. The molecule has 1 aromatic rings. The van der Waals surface area contributed by atoms with E-state index in [1.54, 1.807) is 23.1 Å². The molecule has 88 valence electrons. The Balaban J connectivity index is 1.98. The summed E-state index contributed by atoms with van der Waals surface area (Å²) in [6.45, 7) is 0.651. The third-order valence-corrected chi connectivity index (χ3v) is 3.93. The Morgan fingerprint density at radius 2 is 2.06 bits per heavy atom. The molecule has 0 aromatic heterocycles. The first-order valence-electron chi connectivity index (χ1n) is 5.83. The van der Waals surface area contributed by atoms with E-state index in [-0.39, 0.29) is 0 Å². The number of fused-ring (bicyclic) bond motifs is 1. The van der Waals surface area contributed by atoms with Gasteiger partial charge in [-0.15, -0.1) is 0 Å². The summed E-state index contributed by atoms with van der Waals surface area (Å²) in [6.07, 6.45) is 3.52. The number of carbonyl (C=O) groups excluding carboxylic acids is 2. The van der Waals surface area contributed by atoms with E-state index in [0.29, 0.717) is 28.7 Å². The van der Waals surface area contributed by atoms with Crippen molar-refractivity contribution >= 4 is 29.0 Å². The van der Waals surface area contributed by atoms with Gasteiger partial charge in [-0.3, -0.25) is 9.59 Å². The van der Waals surface area contributed by atoms with Gasteiger partial charge in [0, 0.05) is 6.54 Å². The number of anilines is 1. The summed E-state index contributed by atoms with van der Waals surface area (Å²) in [5.74, 6) is -0.360. The molecule has 0 atom stereocenters. The van der Waals surface area contributed by atoms with Gasteiger partial charge in [-0.2, -0.15) is 0 Å². The molecule has 3 rings (SSSR count). The lowest BCUT2D eigenvalue weighted by Crippen LogP contribution is -2.36. The number of nitrogens with zero attached hydrogens (tertiary/aromatic N) is 1. The smallest absolute Gasteiger partial charge is 0.299 e. The SMILES string of the molecule is O=C1C(=O)N(CC2CCC2)c2cccc(Cl)c21. The molecule has 3 nitrogen and oxygen atoms in total. The summed E-state index contributed by atoms with van der Waals surface area (Å²) in [5, 5.41) is 0.372. The molecule has 0 bridgehead atoms. The largest absolute Gasteiger partial charge is 0.304 e. The van der Waals surface area contributed by atoms with E-state index in [9.17, 15) is 9.59 Å². The average Bonchev–Trinajstić information content (AvgIpc) is 2.48. The van der Waals surface area contributed by atoms with Crippen LogP contribution in [0.15, 0.2) is 18.2 Å². The summed E-state index contributed by atoms with van der Waals surface area (Å²) < 4.78 is 0. The first-order valence-corrected chi connectivity index (χ1v) is 6.21. The molecular formula is C13H12ClNO2. The minimum atomic E-state index is -0.468. The molecule has 1 amide bonds. The maximum Gasteiger partial charge on any atom is 0.299 e. The van der Waals surface area contributed by atoms with Crippen LogP contribution in [-0.2, 0) is 4.79 Å². The molecule has 1 heterocycles. The van der Waals surface area contributed by atoms with Gasteiger partial charge in [-0.05, 0) is 30.9 Å². The molecule has 0 saturated heterocycles. The van der Waals surface area contributed by atoms with Crippen molar-refractivity contribution in [2.24, 2.45) is 5.92 Å². The molecule has 2 aliphatic rings. The highest BCUT2D eigenvalue weighted by molar-refractivity contribution is 6.55. The van der Waals surface area contributed by atoms with Crippen LogP contribution in [0.4, 0.5) is 5.69 Å². The fraction of sp³-hybridized carbons (Fsp3) is 0.385. The summed E-state index contributed by atoms with van der Waals surface area (Å²) in [6, 6.07) is 5.22. The van der Waals surface area contributed by atoms with Gasteiger partial charge >= 0.3 is 0 Å². The van der Waals surface area contributed by atoms with Crippen LogP contribution >= 0.6 is 11.6 Å². The molecule has 1 aromatic carbocycles. The predicted molar refractivity (Wildman–Crippen MR) is 65.5 cm³/mol. The number of benzene rings is 1. The zero-order chi connectivity index (χ0) is 12.0. The number of ketones is 1. The first kappa shape index (κ1) is 10.8. The third kappa shape index (κ3) is 1.57. The molecule has 1 aliphatic carbocycles. The van der Waals surface area contributed by atoms with Crippen LogP contribution in [0.25, 0.3) is 0 Å². The Morgan fingerprint density at radius 3 is 2.71 bits per heavy atom. The van der Waals surface area contributed by atoms with Crippen molar-refractivity contribution in [1.82, 2.24) is 0 Å². The molecule has 1 aliphatic heterocycles. The second kappa shape index (κ2) is 3.84. The van der Waals surface area contributed by atoms with Crippen LogP contribution in [0.5, 0.6) is 0 Å². The Hall–Kier alpha value is -1.35. The maximum atomic E-state index is 11.9. The lowest BCUT2D eigenvalue weighted by molar-refractivity contribution is -0.114. The van der Waals surface area contributed by atoms with Crippen LogP contribution < -0.4 is 4.90 Å². The topological polar surface area (TPSA) is 37.4 Å². The number of hydrogen-bond acceptors (Lipinski definition) is 2. The monoisotopic (exact) mass is 249 g/mol. The normalized spacial score (nSPS) is 19.5. The van der Waals surface area contributed by atoms with Crippen LogP contribution in [0.2, 0.25) is 5.02 Å². The van der Waals surface area contributed by atoms with Crippen molar-refractivity contribution in [3.05, 3.63) is 28.8 Å². The van der Waals surface area contributed by atoms with Crippen LogP contribution in [0.3, 0.4) is 0 Å². The van der Waals surface area contributed by atoms with E-state index in [1.165, 1.54) is 6.42 Å². The highest BCUT2D eigenvalue weighted by atomic mass is 35.5. The summed E-state index contributed by atoms with van der Waals surface area (Å²) in [7, 11) is 0. The Kier molecular flexibility index (Phi) is 2.44. The zero-order valence-electron chi connectivity index (χ0n) is 9.28. The third-order valence-electron chi connectivity index (χ3n) is 3.61. The van der Waals surface area contributed by atoms with E-state index in [2.05, 4.69) is 0 Å². The lowest BCUT2D eigenvalue weighted by Gasteiger charge is -2.29. The van der Waals surface area contributed by atoms with Gasteiger partial charge in [0.15, 0.2) is 0 Å². The number of carbonyl (C=O) groups is 2. The molecule has 0 spiro atoms. The molecular weight excluding hydrogens is 238 g/mol. The first-order chi connectivity index (χ1) is 8.18. The molecule has 0 N–H and O–H groups in total. The van der Waals surface area contributed by atoms with E-state index in [1.807, 2.05) is 0 Å². The fourth-order valence-electron chi connectivity index (χ4n) is 2.42. The molecule has 0 unspecified atom stereocenters. The number of amides is 1. The quantitative estimate of drug-likeness (QED) is 0.756. The predicted octanol–water partition coefficient (Wildman–Crippen LogP) is 2.67. The van der Waals surface area contributed by atoms with Gasteiger partial charge in [0.05, 0.1) is 16.3 Å². The standard InChI is InChI=1S/C13H12ClNO2/c14-9-5-2-6-10-11(9)12(16)13(17)15(10)7-8-3-1-4-8/h2,5-6,8H,1,3-4,7H2. The van der Waals surface area contributed by atoms with Crippen molar-refractivity contribution in [2.45, 2.75) is 19.3 Å². The van der Waals surface area contributed by atoms with E-state index >= 15 is 0 Å². The van der Waals surface area contributed by atoms with E-state index in [4.69, 9.17) is 11.6 Å². The number of Topliss-reactive ketones (excluding diaryl/α,β-unsaturated/α-hetero) is 1. The second-order valence-corrected chi connectivity index (χ2v) is 5.08. The summed E-state index contributed by atoms with van der Waals surface area (Å²) in [4.78, 5) is 25.3. The maximum absolute atomic E-state index is 11.9. The van der Waals surface area contributed by atoms with E-state index in [0.717, 1.165) is 12.8 Å². The number of rotatable bonds is 2. The molecule has 4 heteroatoms. The lowest BCUT2D eigenvalue weighted by atomic mass is 9.85. The highest BCUT2D eigenvalue weighted by Crippen LogP contribution is 2.36. The van der Waals surface area contributed by atoms with Gasteiger partial charge in [-0.1, -0.05) is 24.1 Å². The van der Waals surface area contributed by atoms with E-state index < -0.39 is 11.7 Å². The van der Waals surface area contributed by atoms with Gasteiger partial charge in [-0.25, -0.2) is 0 Å². The molecule has 17 heavy (non-hydrogen) atoms. The van der Waals surface area contributed by atoms with Crippen LogP contribution in [-0.4, -0.2) is 18.2 Å². The van der Waals surface area contributed by atoms with Gasteiger partial charge < -0.3 is 4.90 Å². The summed E-state index contributed by atoms with van der Waals surface area (Å²) in [5.41, 5.74) is 1.05. The van der Waals surface area contributed by atoms with Gasteiger partial charge in [0.25, 0.3) is 11.7 Å². The minimum Gasteiger partial charge on any atom is -0.304 e. The molecule has 0 radical (unpaired) electrons. The Labute approximate surface area is 104 Å². The van der Waals surface area contributed by atoms with Crippen LogP contribution in [0.1, 0.15) is 29.6 Å². The van der Waals surface area contributed by atoms with Gasteiger partial charge in [0.1, 0.15) is 0 Å². The molecule has 1 fully saturated rings. The number of hydrogen-bond donors (Lipinski definition) is 0. The fourth-order valence-corrected chi connectivity index (χ4v) is 2.67. The Morgan fingerprint density at radius 1 is 1.29 bits per heavy atom. The van der Waals surface area contributed by atoms with Crippen molar-refractivity contribution in [3.8, 4) is 0 Å². The van der Waals surface area contributed by atoms with Crippen molar-refractivity contribution in [1.29, 1.82) is 0 Å². The van der Waals surface area contributed by atoms with Crippen molar-refractivity contribution < 1.29 is 9.59 Å². The van der Waals surface area contributed by atoms with Crippen molar-refractivity contribution in [3.63, 3.8) is 0 Å². The zero-order valence-corrected chi connectivity index (χ0v) is 10.0. The Bertz CT molecular complexity index is 508. The average molecular weight is 250 g/mol. The van der Waals surface area contributed by atoms with Crippen LogP contribution in [0, 0.1) is 5.92 Å². The second-order valence-electron chi connectivity index (χ2n) is 4.68. The van der Waals surface area contributed by atoms with Crippen molar-refractivity contribution in [2.75, 3.05) is 11.4 Å². The van der Waals surface area contributed by atoms with Gasteiger partial charge in [0.2, 0.25) is 0 Å². The summed E-state index contributed by atoms with van der Waals surface area (Å²) >= 11 is 5.98. The minimum absolute atomic E-state index is 0.372. The molecule has 1 saturated carbocycles. The number of halogens is 1.